The van der Waals surface area contributed by atoms with Crippen molar-refractivity contribution in [3.63, 3.8) is 0 Å². The second-order valence-corrected chi connectivity index (χ2v) is 4.98. The van der Waals surface area contributed by atoms with Crippen molar-refractivity contribution in [2.45, 2.75) is 59.3 Å². The molecule has 4 nitrogen and oxygen atoms in total. The fraction of sp³-hybridized carbons (Fsp3) is 0.857. The number of hydrogen-bond donors (Lipinski definition) is 2. The maximum absolute atomic E-state index is 11.7. The second kappa shape index (κ2) is 9.92. The van der Waals surface area contributed by atoms with Gasteiger partial charge in [-0.3, -0.25) is 9.59 Å². The van der Waals surface area contributed by atoms with Crippen molar-refractivity contribution in [3.05, 3.63) is 0 Å². The molecule has 0 aromatic carbocycles. The van der Waals surface area contributed by atoms with Crippen LogP contribution in [0, 0.1) is 11.8 Å². The second-order valence-electron chi connectivity index (χ2n) is 4.98. The van der Waals surface area contributed by atoms with Crippen LogP contribution in [0.25, 0.3) is 0 Å². The fourth-order valence-electron chi connectivity index (χ4n) is 2.02. The molecule has 2 unspecified atom stereocenters. The molecule has 4 heteroatoms. The first-order chi connectivity index (χ1) is 8.51. The summed E-state index contributed by atoms with van der Waals surface area (Å²) in [5.41, 5.74) is 0. The normalized spacial score (nSPS) is 13.9. The van der Waals surface area contributed by atoms with Gasteiger partial charge in [0.1, 0.15) is 0 Å². The van der Waals surface area contributed by atoms with Crippen molar-refractivity contribution in [3.8, 4) is 0 Å². The summed E-state index contributed by atoms with van der Waals surface area (Å²) in [6.45, 7) is 6.74. The Bertz CT molecular complexity index is 253. The Morgan fingerprint density at radius 3 is 2.33 bits per heavy atom. The number of hydrogen-bond acceptors (Lipinski definition) is 2. The summed E-state index contributed by atoms with van der Waals surface area (Å²) in [5, 5.41) is 11.6. The Morgan fingerprint density at radius 1 is 1.17 bits per heavy atom. The molecular formula is C14H27NO3. The number of carboxylic acid groups (broad SMARTS) is 1. The van der Waals surface area contributed by atoms with Crippen LogP contribution < -0.4 is 5.32 Å². The van der Waals surface area contributed by atoms with Gasteiger partial charge in [0.15, 0.2) is 0 Å². The minimum Gasteiger partial charge on any atom is -0.481 e. The number of carboxylic acids is 1. The molecule has 106 valence electrons. The Labute approximate surface area is 110 Å². The third kappa shape index (κ3) is 8.09. The molecule has 0 aromatic rings. The van der Waals surface area contributed by atoms with Crippen LogP contribution >= 0.6 is 0 Å². The van der Waals surface area contributed by atoms with Crippen LogP contribution in [0.1, 0.15) is 59.3 Å². The van der Waals surface area contributed by atoms with Crippen LogP contribution in [0.15, 0.2) is 0 Å². The van der Waals surface area contributed by atoms with E-state index in [2.05, 4.69) is 19.2 Å². The van der Waals surface area contributed by atoms with E-state index in [-0.39, 0.29) is 18.2 Å². The molecule has 0 saturated heterocycles. The first-order valence-electron chi connectivity index (χ1n) is 7.00. The summed E-state index contributed by atoms with van der Waals surface area (Å²) in [5.74, 6) is -0.157. The molecule has 0 aromatic heterocycles. The SMILES string of the molecule is CCCC(C)C(=O)NCCC(CC)CCC(=O)O. The molecular weight excluding hydrogens is 230 g/mol. The standard InChI is InChI=1S/C14H27NO3/c1-4-6-11(3)14(18)15-10-9-12(5-2)7-8-13(16)17/h11-12H,4-10H2,1-3H3,(H,15,18)(H,16,17). The van der Waals surface area contributed by atoms with E-state index in [1.165, 1.54) is 0 Å². The lowest BCUT2D eigenvalue weighted by Gasteiger charge is -2.15. The van der Waals surface area contributed by atoms with Gasteiger partial charge in [0.2, 0.25) is 5.91 Å². The highest BCUT2D eigenvalue weighted by Gasteiger charge is 2.13. The van der Waals surface area contributed by atoms with Crippen LogP contribution in [0.5, 0.6) is 0 Å². The third-order valence-corrected chi connectivity index (χ3v) is 3.36. The van der Waals surface area contributed by atoms with Crippen molar-refractivity contribution in [2.75, 3.05) is 6.54 Å². The molecule has 2 N–H and O–H groups in total. The zero-order valence-corrected chi connectivity index (χ0v) is 11.9. The molecule has 0 heterocycles. The van der Waals surface area contributed by atoms with E-state index < -0.39 is 5.97 Å². The molecule has 1 amide bonds. The van der Waals surface area contributed by atoms with E-state index in [1.54, 1.807) is 0 Å². The number of carbonyl (C=O) groups is 2. The molecule has 0 fully saturated rings. The summed E-state index contributed by atoms with van der Waals surface area (Å²) in [6, 6.07) is 0. The van der Waals surface area contributed by atoms with Crippen LogP contribution in [0.3, 0.4) is 0 Å². The summed E-state index contributed by atoms with van der Waals surface area (Å²) >= 11 is 0. The highest BCUT2D eigenvalue weighted by atomic mass is 16.4. The van der Waals surface area contributed by atoms with Gasteiger partial charge in [-0.25, -0.2) is 0 Å². The minimum atomic E-state index is -0.742. The van der Waals surface area contributed by atoms with Crippen molar-refractivity contribution in [2.24, 2.45) is 11.8 Å². The lowest BCUT2D eigenvalue weighted by molar-refractivity contribution is -0.137. The fourth-order valence-corrected chi connectivity index (χ4v) is 2.02. The average molecular weight is 257 g/mol. The van der Waals surface area contributed by atoms with Gasteiger partial charge in [-0.05, 0) is 25.2 Å². The van der Waals surface area contributed by atoms with E-state index in [0.717, 1.165) is 25.7 Å². The number of nitrogens with one attached hydrogen (secondary N) is 1. The summed E-state index contributed by atoms with van der Waals surface area (Å²) in [7, 11) is 0. The third-order valence-electron chi connectivity index (χ3n) is 3.36. The van der Waals surface area contributed by atoms with Crippen molar-refractivity contribution < 1.29 is 14.7 Å². The first-order valence-corrected chi connectivity index (χ1v) is 7.00. The zero-order chi connectivity index (χ0) is 14.0. The van der Waals surface area contributed by atoms with Crippen molar-refractivity contribution in [1.82, 2.24) is 5.32 Å². The molecule has 0 aliphatic rings. The van der Waals surface area contributed by atoms with Gasteiger partial charge in [0.25, 0.3) is 0 Å². The maximum Gasteiger partial charge on any atom is 0.303 e. The van der Waals surface area contributed by atoms with Crippen LogP contribution in [-0.4, -0.2) is 23.5 Å². The summed E-state index contributed by atoms with van der Waals surface area (Å²) < 4.78 is 0. The Morgan fingerprint density at radius 2 is 1.83 bits per heavy atom. The van der Waals surface area contributed by atoms with E-state index >= 15 is 0 Å². The van der Waals surface area contributed by atoms with Gasteiger partial charge < -0.3 is 10.4 Å². The quantitative estimate of drug-likeness (QED) is 0.632. The van der Waals surface area contributed by atoms with Gasteiger partial charge in [-0.1, -0.05) is 33.6 Å². The topological polar surface area (TPSA) is 66.4 Å². The van der Waals surface area contributed by atoms with Gasteiger partial charge in [-0.15, -0.1) is 0 Å². The number of amides is 1. The lowest BCUT2D eigenvalue weighted by Crippen LogP contribution is -2.30. The Kier molecular flexibility index (Phi) is 9.33. The molecule has 0 bridgehead atoms. The highest BCUT2D eigenvalue weighted by molar-refractivity contribution is 5.78. The summed E-state index contributed by atoms with van der Waals surface area (Å²) in [6.07, 6.45) is 4.69. The van der Waals surface area contributed by atoms with Gasteiger partial charge >= 0.3 is 5.97 Å². The van der Waals surface area contributed by atoms with Crippen LogP contribution in [0.2, 0.25) is 0 Å². The molecule has 2 atom stereocenters. The molecule has 0 aliphatic carbocycles. The Hall–Kier alpha value is -1.06. The number of carbonyl (C=O) groups excluding carboxylic acids is 1. The lowest BCUT2D eigenvalue weighted by atomic mass is 9.96. The van der Waals surface area contributed by atoms with Gasteiger partial charge in [-0.2, -0.15) is 0 Å². The van der Waals surface area contributed by atoms with E-state index in [4.69, 9.17) is 5.11 Å². The number of aliphatic carboxylic acids is 1. The zero-order valence-electron chi connectivity index (χ0n) is 11.9. The molecule has 0 saturated carbocycles. The maximum atomic E-state index is 11.7. The average Bonchev–Trinajstić information content (AvgIpc) is 2.33. The van der Waals surface area contributed by atoms with Gasteiger partial charge in [0, 0.05) is 18.9 Å². The van der Waals surface area contributed by atoms with Gasteiger partial charge in [0.05, 0.1) is 0 Å². The van der Waals surface area contributed by atoms with E-state index in [9.17, 15) is 9.59 Å². The van der Waals surface area contributed by atoms with Crippen LogP contribution in [0.4, 0.5) is 0 Å². The van der Waals surface area contributed by atoms with E-state index in [0.29, 0.717) is 18.9 Å². The smallest absolute Gasteiger partial charge is 0.303 e. The molecule has 0 rings (SSSR count). The first kappa shape index (κ1) is 16.9. The molecule has 0 radical (unpaired) electrons. The number of rotatable bonds is 10. The predicted molar refractivity (Wildman–Crippen MR) is 72.3 cm³/mol. The summed E-state index contributed by atoms with van der Waals surface area (Å²) in [4.78, 5) is 22.2. The Balaban J connectivity index is 3.79. The van der Waals surface area contributed by atoms with Crippen LogP contribution in [-0.2, 0) is 9.59 Å². The predicted octanol–water partition coefficient (Wildman–Crippen LogP) is 2.82. The molecule has 0 spiro atoms. The molecule has 0 aliphatic heterocycles. The largest absolute Gasteiger partial charge is 0.481 e. The van der Waals surface area contributed by atoms with Crippen molar-refractivity contribution in [1.29, 1.82) is 0 Å². The molecule has 18 heavy (non-hydrogen) atoms. The van der Waals surface area contributed by atoms with Crippen molar-refractivity contribution >= 4 is 11.9 Å². The highest BCUT2D eigenvalue weighted by Crippen LogP contribution is 2.14. The van der Waals surface area contributed by atoms with E-state index in [1.807, 2.05) is 6.92 Å². The minimum absolute atomic E-state index is 0.0779. The monoisotopic (exact) mass is 257 g/mol.